The van der Waals surface area contributed by atoms with Crippen LogP contribution in [0.3, 0.4) is 0 Å². The van der Waals surface area contributed by atoms with Crippen molar-refractivity contribution in [3.05, 3.63) is 88.8 Å². The summed E-state index contributed by atoms with van der Waals surface area (Å²) in [6, 6.07) is 23.6. The Morgan fingerprint density at radius 2 is 1.72 bits per heavy atom. The highest BCUT2D eigenvalue weighted by Crippen LogP contribution is 2.24. The minimum absolute atomic E-state index is 0.454. The van der Waals surface area contributed by atoms with Gasteiger partial charge in [0, 0.05) is 32.7 Å². The Kier molecular flexibility index (Phi) is 8.17. The summed E-state index contributed by atoms with van der Waals surface area (Å²) in [6.45, 7) is 4.14. The number of nitrogens with one attached hydrogen (secondary N) is 2. The van der Waals surface area contributed by atoms with E-state index in [4.69, 9.17) is 4.74 Å². The van der Waals surface area contributed by atoms with Crippen LogP contribution in [0.15, 0.2) is 77.1 Å². The van der Waals surface area contributed by atoms with Crippen molar-refractivity contribution in [1.82, 2.24) is 10.6 Å². The molecule has 1 fully saturated rings. The van der Waals surface area contributed by atoms with Crippen LogP contribution in [0, 0.1) is 0 Å². The maximum absolute atomic E-state index is 5.88. The van der Waals surface area contributed by atoms with Crippen molar-refractivity contribution in [3.8, 4) is 0 Å². The summed E-state index contributed by atoms with van der Waals surface area (Å²) in [5.74, 6) is 0.866. The van der Waals surface area contributed by atoms with Crippen molar-refractivity contribution >= 4 is 22.3 Å². The van der Waals surface area contributed by atoms with Gasteiger partial charge >= 0.3 is 0 Å². The standard InChI is InChI=1S/C26H32N4OS/c1-27-26(29-24-12-14-30(15-13-24)25-11-6-16-32-25)28-18-22-9-5-10-23(17-22)20-31-19-21-7-3-2-4-8-21/h2-11,16-17,24H,12-15,18-20H2,1H3,(H2,27,28,29). The van der Waals surface area contributed by atoms with Crippen LogP contribution in [0.25, 0.3) is 0 Å². The Hall–Kier alpha value is -2.83. The second-order valence-corrected chi connectivity index (χ2v) is 9.01. The van der Waals surface area contributed by atoms with Gasteiger partial charge in [-0.3, -0.25) is 4.99 Å². The highest BCUT2D eigenvalue weighted by Gasteiger charge is 2.20. The van der Waals surface area contributed by atoms with E-state index in [1.807, 2.05) is 36.6 Å². The summed E-state index contributed by atoms with van der Waals surface area (Å²) < 4.78 is 5.88. The third-order valence-electron chi connectivity index (χ3n) is 5.71. The maximum atomic E-state index is 5.88. The first-order chi connectivity index (χ1) is 15.8. The van der Waals surface area contributed by atoms with Crippen LogP contribution in [-0.2, 0) is 24.5 Å². The summed E-state index contributed by atoms with van der Waals surface area (Å²) in [7, 11) is 1.84. The highest BCUT2D eigenvalue weighted by atomic mass is 32.1. The number of rotatable bonds is 8. The van der Waals surface area contributed by atoms with Gasteiger partial charge in [0.1, 0.15) is 0 Å². The van der Waals surface area contributed by atoms with Crippen molar-refractivity contribution in [3.63, 3.8) is 0 Å². The van der Waals surface area contributed by atoms with Gasteiger partial charge in [0.05, 0.1) is 18.2 Å². The van der Waals surface area contributed by atoms with Crippen LogP contribution in [0.4, 0.5) is 5.00 Å². The van der Waals surface area contributed by atoms with E-state index in [-0.39, 0.29) is 0 Å². The molecule has 1 aliphatic rings. The fourth-order valence-electron chi connectivity index (χ4n) is 3.96. The molecule has 0 saturated carbocycles. The number of piperidine rings is 1. The normalized spacial score (nSPS) is 15.0. The number of hydrogen-bond donors (Lipinski definition) is 2. The first-order valence-electron chi connectivity index (χ1n) is 11.3. The first kappa shape index (κ1) is 22.4. The minimum atomic E-state index is 0.454. The van der Waals surface area contributed by atoms with Gasteiger partial charge in [0.25, 0.3) is 0 Å². The summed E-state index contributed by atoms with van der Waals surface area (Å²) in [5.41, 5.74) is 3.60. The molecule has 0 amide bonds. The van der Waals surface area contributed by atoms with Gasteiger partial charge in [-0.05, 0) is 47.0 Å². The van der Waals surface area contributed by atoms with E-state index in [1.165, 1.54) is 21.7 Å². The number of hydrogen-bond acceptors (Lipinski definition) is 4. The number of anilines is 1. The van der Waals surface area contributed by atoms with Crippen LogP contribution >= 0.6 is 11.3 Å². The maximum Gasteiger partial charge on any atom is 0.191 e. The molecule has 5 nitrogen and oxygen atoms in total. The van der Waals surface area contributed by atoms with Crippen molar-refractivity contribution in [2.24, 2.45) is 4.99 Å². The third kappa shape index (κ3) is 6.58. The number of nitrogens with zero attached hydrogens (tertiary/aromatic N) is 2. The fourth-order valence-corrected chi connectivity index (χ4v) is 4.74. The second-order valence-electron chi connectivity index (χ2n) is 8.08. The molecule has 1 aliphatic heterocycles. The molecule has 3 aromatic rings. The summed E-state index contributed by atoms with van der Waals surface area (Å²) in [6.07, 6.45) is 2.24. The van der Waals surface area contributed by atoms with E-state index in [9.17, 15) is 0 Å². The van der Waals surface area contributed by atoms with Gasteiger partial charge in [-0.25, -0.2) is 0 Å². The predicted octanol–water partition coefficient (Wildman–Crippen LogP) is 4.80. The van der Waals surface area contributed by atoms with E-state index >= 15 is 0 Å². The average molecular weight is 449 g/mol. The zero-order valence-electron chi connectivity index (χ0n) is 18.7. The molecule has 168 valence electrons. The highest BCUT2D eigenvalue weighted by molar-refractivity contribution is 7.14. The molecule has 1 saturated heterocycles. The lowest BCUT2D eigenvalue weighted by atomic mass is 10.1. The summed E-state index contributed by atoms with van der Waals surface area (Å²) in [5, 5.41) is 10.6. The number of benzene rings is 2. The molecule has 1 aromatic heterocycles. The van der Waals surface area contributed by atoms with Gasteiger partial charge < -0.3 is 20.3 Å². The average Bonchev–Trinajstić information content (AvgIpc) is 3.38. The Morgan fingerprint density at radius 1 is 0.969 bits per heavy atom. The monoisotopic (exact) mass is 448 g/mol. The Labute approximate surface area is 195 Å². The van der Waals surface area contributed by atoms with Crippen LogP contribution < -0.4 is 15.5 Å². The molecule has 32 heavy (non-hydrogen) atoms. The van der Waals surface area contributed by atoms with E-state index in [1.54, 1.807) is 0 Å². The minimum Gasteiger partial charge on any atom is -0.372 e. The van der Waals surface area contributed by atoms with Crippen LogP contribution in [-0.4, -0.2) is 32.1 Å². The van der Waals surface area contributed by atoms with Crippen LogP contribution in [0.5, 0.6) is 0 Å². The van der Waals surface area contributed by atoms with Gasteiger partial charge in [-0.1, -0.05) is 54.6 Å². The fraction of sp³-hybridized carbons (Fsp3) is 0.346. The molecule has 0 bridgehead atoms. The Bertz CT molecular complexity index is 967. The predicted molar refractivity (Wildman–Crippen MR) is 134 cm³/mol. The summed E-state index contributed by atoms with van der Waals surface area (Å²) >= 11 is 1.82. The molecule has 0 atom stereocenters. The molecule has 6 heteroatoms. The van der Waals surface area contributed by atoms with Crippen molar-refractivity contribution in [2.75, 3.05) is 25.0 Å². The molecule has 2 aromatic carbocycles. The largest absolute Gasteiger partial charge is 0.372 e. The lowest BCUT2D eigenvalue weighted by Crippen LogP contribution is -2.48. The summed E-state index contributed by atoms with van der Waals surface area (Å²) in [4.78, 5) is 6.91. The van der Waals surface area contributed by atoms with Crippen LogP contribution in [0.1, 0.15) is 29.5 Å². The topological polar surface area (TPSA) is 48.9 Å². The van der Waals surface area contributed by atoms with Gasteiger partial charge in [0.15, 0.2) is 5.96 Å². The van der Waals surface area contributed by atoms with Crippen LogP contribution in [0.2, 0.25) is 0 Å². The molecular formula is C26H32N4OS. The zero-order valence-corrected chi connectivity index (χ0v) is 19.5. The van der Waals surface area contributed by atoms with Gasteiger partial charge in [-0.2, -0.15) is 0 Å². The first-order valence-corrected chi connectivity index (χ1v) is 12.1. The Balaban J connectivity index is 1.20. The number of aliphatic imine (C=N–C) groups is 1. The van der Waals surface area contributed by atoms with E-state index < -0.39 is 0 Å². The van der Waals surface area contributed by atoms with E-state index in [0.29, 0.717) is 19.3 Å². The Morgan fingerprint density at radius 3 is 2.47 bits per heavy atom. The number of thiophene rings is 1. The molecule has 4 rings (SSSR count). The third-order valence-corrected chi connectivity index (χ3v) is 6.64. The number of ether oxygens (including phenoxy) is 1. The van der Waals surface area contributed by atoms with Crippen molar-refractivity contribution < 1.29 is 4.74 Å². The van der Waals surface area contributed by atoms with E-state index in [0.717, 1.165) is 38.4 Å². The number of guanidine groups is 1. The van der Waals surface area contributed by atoms with Crippen molar-refractivity contribution in [1.29, 1.82) is 0 Å². The lowest BCUT2D eigenvalue weighted by Gasteiger charge is -2.33. The SMILES string of the molecule is CN=C(NCc1cccc(COCc2ccccc2)c1)NC1CCN(c2cccs2)CC1. The molecule has 2 heterocycles. The molecule has 0 radical (unpaired) electrons. The van der Waals surface area contributed by atoms with E-state index in [2.05, 4.69) is 74.4 Å². The van der Waals surface area contributed by atoms with Gasteiger partial charge in [-0.15, -0.1) is 11.3 Å². The molecule has 0 spiro atoms. The van der Waals surface area contributed by atoms with Crippen molar-refractivity contribution in [2.45, 2.75) is 38.6 Å². The molecule has 0 aliphatic carbocycles. The quantitative estimate of drug-likeness (QED) is 0.384. The van der Waals surface area contributed by atoms with Gasteiger partial charge in [0.2, 0.25) is 0 Å². The molecule has 0 unspecified atom stereocenters. The molecular weight excluding hydrogens is 416 g/mol. The second kappa shape index (κ2) is 11.7. The zero-order chi connectivity index (χ0) is 22.0. The lowest BCUT2D eigenvalue weighted by molar-refractivity contribution is 0.107. The molecule has 2 N–H and O–H groups in total. The smallest absolute Gasteiger partial charge is 0.191 e.